The van der Waals surface area contributed by atoms with E-state index in [1.54, 1.807) is 18.2 Å². The fourth-order valence-electron chi connectivity index (χ4n) is 2.16. The van der Waals surface area contributed by atoms with Gasteiger partial charge in [-0.3, -0.25) is 9.59 Å². The van der Waals surface area contributed by atoms with Crippen molar-refractivity contribution < 1.29 is 14.7 Å². The topological polar surface area (TPSA) is 66.4 Å². The minimum atomic E-state index is -0.841. The van der Waals surface area contributed by atoms with Gasteiger partial charge in [0.2, 0.25) is 0 Å². The Hall–Kier alpha value is -0.820. The van der Waals surface area contributed by atoms with Crippen LogP contribution in [0.2, 0.25) is 5.02 Å². The highest BCUT2D eigenvalue weighted by molar-refractivity contribution is 14.1. The van der Waals surface area contributed by atoms with Crippen LogP contribution >= 0.6 is 34.2 Å². The minimum Gasteiger partial charge on any atom is -0.481 e. The predicted octanol–water partition coefficient (Wildman–Crippen LogP) is 3.81. The number of carbonyl (C=O) groups is 2. The van der Waals surface area contributed by atoms with Crippen LogP contribution in [0.15, 0.2) is 18.2 Å². The summed E-state index contributed by atoms with van der Waals surface area (Å²) in [4.78, 5) is 23.0. The molecule has 0 saturated heterocycles. The van der Waals surface area contributed by atoms with Gasteiger partial charge in [0.15, 0.2) is 0 Å². The third-order valence-corrected chi connectivity index (χ3v) is 4.17. The lowest BCUT2D eigenvalue weighted by molar-refractivity contribution is -0.138. The minimum absolute atomic E-state index is 0.0606. The number of hydrogen-bond donors (Lipinski definition) is 2. The molecule has 0 aromatic heterocycles. The van der Waals surface area contributed by atoms with Crippen LogP contribution in [0.25, 0.3) is 0 Å². The van der Waals surface area contributed by atoms with Crippen molar-refractivity contribution in [2.24, 2.45) is 11.8 Å². The molecule has 0 aliphatic heterocycles. The van der Waals surface area contributed by atoms with E-state index in [2.05, 4.69) is 27.9 Å². The van der Waals surface area contributed by atoms with Gasteiger partial charge in [-0.05, 0) is 59.0 Å². The Morgan fingerprint density at radius 1 is 1.38 bits per heavy atom. The molecule has 0 saturated carbocycles. The fraction of sp³-hybridized carbons (Fsp3) is 0.467. The molecule has 1 atom stereocenters. The summed E-state index contributed by atoms with van der Waals surface area (Å²) in [6, 6.07) is 5.13. The van der Waals surface area contributed by atoms with Crippen molar-refractivity contribution in [3.63, 3.8) is 0 Å². The van der Waals surface area contributed by atoms with Gasteiger partial charge < -0.3 is 10.4 Å². The zero-order valence-electron chi connectivity index (χ0n) is 12.0. The molecule has 4 nitrogen and oxygen atoms in total. The van der Waals surface area contributed by atoms with Crippen LogP contribution in [0.3, 0.4) is 0 Å². The normalized spacial score (nSPS) is 12.2. The molecule has 1 amide bonds. The highest BCUT2D eigenvalue weighted by atomic mass is 127. The van der Waals surface area contributed by atoms with E-state index in [0.29, 0.717) is 23.0 Å². The van der Waals surface area contributed by atoms with Crippen molar-refractivity contribution in [3.05, 3.63) is 32.4 Å². The number of rotatable bonds is 7. The molecule has 21 heavy (non-hydrogen) atoms. The predicted molar refractivity (Wildman–Crippen MR) is 91.7 cm³/mol. The molecule has 1 aromatic rings. The summed E-state index contributed by atoms with van der Waals surface area (Å²) in [6.07, 6.45) is 0.824. The Balaban J connectivity index is 2.68. The Morgan fingerprint density at radius 3 is 2.62 bits per heavy atom. The molecule has 0 radical (unpaired) electrons. The van der Waals surface area contributed by atoms with Crippen LogP contribution < -0.4 is 5.32 Å². The summed E-state index contributed by atoms with van der Waals surface area (Å²) in [5.74, 6) is -0.742. The van der Waals surface area contributed by atoms with Crippen LogP contribution in [0.4, 0.5) is 0 Å². The lowest BCUT2D eigenvalue weighted by Crippen LogP contribution is -2.31. The van der Waals surface area contributed by atoms with E-state index >= 15 is 0 Å². The number of halogens is 2. The third-order valence-electron chi connectivity index (χ3n) is 2.99. The van der Waals surface area contributed by atoms with E-state index < -0.39 is 5.97 Å². The lowest BCUT2D eigenvalue weighted by Gasteiger charge is -2.18. The second-order valence-corrected chi connectivity index (χ2v) is 7.03. The molecule has 6 heteroatoms. The van der Waals surface area contributed by atoms with Gasteiger partial charge in [-0.1, -0.05) is 25.4 Å². The first kappa shape index (κ1) is 18.2. The summed E-state index contributed by atoms with van der Waals surface area (Å²) in [6.45, 7) is 4.43. The van der Waals surface area contributed by atoms with Crippen molar-refractivity contribution in [3.8, 4) is 0 Å². The maximum Gasteiger partial charge on any atom is 0.303 e. The molecule has 0 heterocycles. The quantitative estimate of drug-likeness (QED) is 0.655. The first-order chi connectivity index (χ1) is 9.79. The molecule has 0 unspecified atom stereocenters. The number of carboxylic acid groups (broad SMARTS) is 1. The third kappa shape index (κ3) is 6.65. The fourth-order valence-corrected chi connectivity index (χ4v) is 2.91. The molecule has 0 fully saturated rings. The molecular formula is C15H19ClINO3. The summed E-state index contributed by atoms with van der Waals surface area (Å²) in [5.41, 5.74) is 0.515. The van der Waals surface area contributed by atoms with Gasteiger partial charge in [0.05, 0.1) is 5.56 Å². The number of amides is 1. The van der Waals surface area contributed by atoms with Crippen molar-refractivity contribution in [2.45, 2.75) is 26.7 Å². The van der Waals surface area contributed by atoms with Gasteiger partial charge >= 0.3 is 5.97 Å². The van der Waals surface area contributed by atoms with Gasteiger partial charge in [-0.2, -0.15) is 0 Å². The van der Waals surface area contributed by atoms with Gasteiger partial charge in [-0.25, -0.2) is 0 Å². The summed E-state index contributed by atoms with van der Waals surface area (Å²) in [7, 11) is 0. The van der Waals surface area contributed by atoms with Crippen LogP contribution in [0.1, 0.15) is 37.0 Å². The average molecular weight is 424 g/mol. The van der Waals surface area contributed by atoms with Crippen molar-refractivity contribution in [1.29, 1.82) is 0 Å². The standard InChI is InChI=1S/C15H19ClINO3/c1-9(2)5-10(6-14(19)20)8-18-15(21)12-7-11(16)3-4-13(12)17/h3-4,7,9-10H,5-6,8H2,1-2H3,(H,18,21)(H,19,20)/t10-/m0/s1. The van der Waals surface area contributed by atoms with E-state index in [1.807, 2.05) is 13.8 Å². The van der Waals surface area contributed by atoms with E-state index in [0.717, 1.165) is 9.99 Å². The summed E-state index contributed by atoms with van der Waals surface area (Å²) >= 11 is 7.98. The molecule has 0 spiro atoms. The number of hydrogen-bond acceptors (Lipinski definition) is 2. The maximum atomic E-state index is 12.2. The van der Waals surface area contributed by atoms with Gasteiger partial charge in [0.1, 0.15) is 0 Å². The number of carbonyl (C=O) groups excluding carboxylic acids is 1. The van der Waals surface area contributed by atoms with E-state index in [9.17, 15) is 9.59 Å². The largest absolute Gasteiger partial charge is 0.481 e. The van der Waals surface area contributed by atoms with Crippen molar-refractivity contribution in [1.82, 2.24) is 5.32 Å². The van der Waals surface area contributed by atoms with Crippen LogP contribution in [-0.4, -0.2) is 23.5 Å². The van der Waals surface area contributed by atoms with Gasteiger partial charge in [0, 0.05) is 21.6 Å². The highest BCUT2D eigenvalue weighted by Gasteiger charge is 2.17. The number of aliphatic carboxylic acids is 1. The second kappa shape index (κ2) is 8.58. The second-order valence-electron chi connectivity index (χ2n) is 5.43. The Labute approximate surface area is 143 Å². The molecular weight excluding hydrogens is 405 g/mol. The smallest absolute Gasteiger partial charge is 0.303 e. The van der Waals surface area contributed by atoms with E-state index in [4.69, 9.17) is 16.7 Å². The molecule has 0 aliphatic carbocycles. The van der Waals surface area contributed by atoms with E-state index in [-0.39, 0.29) is 18.2 Å². The van der Waals surface area contributed by atoms with Gasteiger partial charge in [-0.15, -0.1) is 0 Å². The monoisotopic (exact) mass is 423 g/mol. The van der Waals surface area contributed by atoms with Crippen molar-refractivity contribution >= 4 is 46.1 Å². The van der Waals surface area contributed by atoms with E-state index in [1.165, 1.54) is 0 Å². The molecule has 116 valence electrons. The van der Waals surface area contributed by atoms with Crippen LogP contribution in [0.5, 0.6) is 0 Å². The Kier molecular flexibility index (Phi) is 7.45. The zero-order valence-corrected chi connectivity index (χ0v) is 14.9. The first-order valence-corrected chi connectivity index (χ1v) is 8.20. The van der Waals surface area contributed by atoms with Crippen LogP contribution in [-0.2, 0) is 4.79 Å². The average Bonchev–Trinajstić information content (AvgIpc) is 2.37. The zero-order chi connectivity index (χ0) is 16.0. The lowest BCUT2D eigenvalue weighted by atomic mass is 9.94. The molecule has 1 aromatic carbocycles. The number of benzene rings is 1. The first-order valence-electron chi connectivity index (χ1n) is 6.74. The Bertz CT molecular complexity index is 520. The van der Waals surface area contributed by atoms with Crippen LogP contribution in [0, 0.1) is 15.4 Å². The number of nitrogens with one attached hydrogen (secondary N) is 1. The molecule has 1 rings (SSSR count). The SMILES string of the molecule is CC(C)C[C@H](CNC(=O)c1cc(Cl)ccc1I)CC(=O)O. The highest BCUT2D eigenvalue weighted by Crippen LogP contribution is 2.19. The molecule has 0 bridgehead atoms. The molecule has 0 aliphatic rings. The summed E-state index contributed by atoms with van der Waals surface area (Å²) < 4.78 is 0.813. The molecule has 2 N–H and O–H groups in total. The Morgan fingerprint density at radius 2 is 2.05 bits per heavy atom. The van der Waals surface area contributed by atoms with Gasteiger partial charge in [0.25, 0.3) is 5.91 Å². The maximum absolute atomic E-state index is 12.2. The van der Waals surface area contributed by atoms with Crippen molar-refractivity contribution in [2.75, 3.05) is 6.54 Å². The number of carboxylic acids is 1. The summed E-state index contributed by atoms with van der Waals surface area (Å²) in [5, 5.41) is 12.2.